The Morgan fingerprint density at radius 2 is 1.80 bits per heavy atom. The molecule has 20 heavy (non-hydrogen) atoms. The van der Waals surface area contributed by atoms with Gasteiger partial charge in [0.15, 0.2) is 0 Å². The van der Waals surface area contributed by atoms with Crippen LogP contribution >= 0.6 is 0 Å². The smallest absolute Gasteiger partial charge is 0.240 e. The summed E-state index contributed by atoms with van der Waals surface area (Å²) >= 11 is 0. The van der Waals surface area contributed by atoms with Gasteiger partial charge in [-0.05, 0) is 30.5 Å². The molecule has 4 heteroatoms. The third kappa shape index (κ3) is 2.20. The Morgan fingerprint density at radius 1 is 1.20 bits per heavy atom. The molecule has 0 aromatic heterocycles. The number of imide groups is 1. The number of hydrogen-bond acceptors (Lipinski definition) is 3. The highest BCUT2D eigenvalue weighted by atomic mass is 16.2. The molecule has 0 radical (unpaired) electrons. The van der Waals surface area contributed by atoms with Crippen molar-refractivity contribution in [2.45, 2.75) is 39.5 Å². The van der Waals surface area contributed by atoms with E-state index in [1.54, 1.807) is 24.3 Å². The lowest BCUT2D eigenvalue weighted by molar-refractivity contribution is -0.126. The average Bonchev–Trinajstić information content (AvgIpc) is 2.72. The van der Waals surface area contributed by atoms with Crippen LogP contribution in [0.1, 0.15) is 38.7 Å². The predicted molar refractivity (Wildman–Crippen MR) is 75.9 cm³/mol. The van der Waals surface area contributed by atoms with Crippen LogP contribution in [0.5, 0.6) is 0 Å². The highest BCUT2D eigenvalue weighted by Gasteiger charge is 2.49. The number of rotatable bonds is 4. The molecule has 1 aliphatic rings. The van der Waals surface area contributed by atoms with Crippen LogP contribution < -0.4 is 4.90 Å². The minimum absolute atomic E-state index is 0.0967. The van der Waals surface area contributed by atoms with Crippen molar-refractivity contribution in [2.24, 2.45) is 5.41 Å². The van der Waals surface area contributed by atoms with E-state index in [0.717, 1.165) is 5.56 Å². The Morgan fingerprint density at radius 3 is 2.25 bits per heavy atom. The van der Waals surface area contributed by atoms with Crippen LogP contribution in [0.15, 0.2) is 24.3 Å². The fourth-order valence-electron chi connectivity index (χ4n) is 2.71. The molecule has 0 atom stereocenters. The molecule has 2 amide bonds. The number of amides is 2. The van der Waals surface area contributed by atoms with Crippen LogP contribution in [0.2, 0.25) is 0 Å². The molecule has 0 saturated carbocycles. The van der Waals surface area contributed by atoms with Crippen LogP contribution in [-0.4, -0.2) is 11.8 Å². The summed E-state index contributed by atoms with van der Waals surface area (Å²) in [5, 5.41) is 8.65. The maximum atomic E-state index is 12.6. The number of nitriles is 1. The fraction of sp³-hybridized carbons (Fsp3) is 0.438. The summed E-state index contributed by atoms with van der Waals surface area (Å²) in [5.41, 5.74) is 0.945. The zero-order valence-electron chi connectivity index (χ0n) is 11.8. The van der Waals surface area contributed by atoms with Gasteiger partial charge in [0.1, 0.15) is 0 Å². The van der Waals surface area contributed by atoms with Gasteiger partial charge in [0.05, 0.1) is 23.6 Å². The summed E-state index contributed by atoms with van der Waals surface area (Å²) in [5.74, 6) is -0.229. The number of carbonyl (C=O) groups is 2. The first kappa shape index (κ1) is 14.3. The van der Waals surface area contributed by atoms with Gasteiger partial charge < -0.3 is 0 Å². The molecule has 1 aromatic rings. The zero-order chi connectivity index (χ0) is 14.8. The summed E-state index contributed by atoms with van der Waals surface area (Å²) in [6, 6.07) is 9.13. The lowest BCUT2D eigenvalue weighted by atomic mass is 9.81. The van der Waals surface area contributed by atoms with E-state index in [2.05, 4.69) is 6.07 Å². The van der Waals surface area contributed by atoms with Gasteiger partial charge in [-0.15, -0.1) is 0 Å². The van der Waals surface area contributed by atoms with Crippen LogP contribution in [0, 0.1) is 16.7 Å². The molecule has 1 aliphatic heterocycles. The van der Waals surface area contributed by atoms with Crippen molar-refractivity contribution in [3.63, 3.8) is 0 Å². The van der Waals surface area contributed by atoms with E-state index in [1.165, 1.54) is 4.90 Å². The Kier molecular flexibility index (Phi) is 3.89. The molecule has 1 heterocycles. The number of anilines is 1. The monoisotopic (exact) mass is 270 g/mol. The van der Waals surface area contributed by atoms with Crippen LogP contribution in [-0.2, 0) is 16.0 Å². The van der Waals surface area contributed by atoms with Gasteiger partial charge in [0.25, 0.3) is 0 Å². The van der Waals surface area contributed by atoms with E-state index in [-0.39, 0.29) is 11.8 Å². The molecule has 1 fully saturated rings. The third-order valence-corrected chi connectivity index (χ3v) is 4.23. The van der Waals surface area contributed by atoms with Gasteiger partial charge in [-0.25, -0.2) is 0 Å². The summed E-state index contributed by atoms with van der Waals surface area (Å²) in [6.45, 7) is 3.91. The third-order valence-electron chi connectivity index (χ3n) is 4.23. The van der Waals surface area contributed by atoms with E-state index < -0.39 is 5.41 Å². The summed E-state index contributed by atoms with van der Waals surface area (Å²) in [6.07, 6.45) is 1.98. The lowest BCUT2D eigenvalue weighted by Gasteiger charge is -2.23. The van der Waals surface area contributed by atoms with Gasteiger partial charge in [-0.3, -0.25) is 14.5 Å². The van der Waals surface area contributed by atoms with E-state index in [1.807, 2.05) is 13.8 Å². The molecular formula is C16H18N2O2. The van der Waals surface area contributed by atoms with Gasteiger partial charge in [0, 0.05) is 6.42 Å². The second kappa shape index (κ2) is 5.46. The normalized spacial score (nSPS) is 17.4. The fourth-order valence-corrected chi connectivity index (χ4v) is 2.71. The molecular weight excluding hydrogens is 252 g/mol. The van der Waals surface area contributed by atoms with E-state index in [4.69, 9.17) is 5.26 Å². The number of carbonyl (C=O) groups excluding carboxylic acids is 2. The van der Waals surface area contributed by atoms with Crippen LogP contribution in [0.4, 0.5) is 5.69 Å². The van der Waals surface area contributed by atoms with Crippen molar-refractivity contribution >= 4 is 17.5 Å². The van der Waals surface area contributed by atoms with Crippen molar-refractivity contribution in [1.29, 1.82) is 5.26 Å². The first-order valence-corrected chi connectivity index (χ1v) is 6.91. The molecule has 2 rings (SSSR count). The average molecular weight is 270 g/mol. The second-order valence-corrected chi connectivity index (χ2v) is 5.20. The van der Waals surface area contributed by atoms with E-state index in [9.17, 15) is 9.59 Å². The lowest BCUT2D eigenvalue weighted by Crippen LogP contribution is -2.35. The Labute approximate surface area is 119 Å². The first-order chi connectivity index (χ1) is 9.57. The summed E-state index contributed by atoms with van der Waals surface area (Å²) in [4.78, 5) is 26.0. The largest absolute Gasteiger partial charge is 0.274 e. The molecule has 0 spiro atoms. The number of nitrogens with zero attached hydrogens (tertiary/aromatic N) is 2. The molecule has 1 saturated heterocycles. The highest BCUT2D eigenvalue weighted by Crippen LogP contribution is 2.41. The van der Waals surface area contributed by atoms with Crippen LogP contribution in [0.25, 0.3) is 0 Å². The number of hydrogen-bond donors (Lipinski definition) is 0. The maximum Gasteiger partial charge on any atom is 0.240 e. The standard InChI is InChI=1S/C16H18N2O2/c1-3-16(4-2)11-14(19)18(15(16)20)13-7-5-12(6-8-13)9-10-17/h5-8H,3-4,9,11H2,1-2H3. The Balaban J connectivity index is 2.31. The molecule has 0 N–H and O–H groups in total. The van der Waals surface area contributed by atoms with Gasteiger partial charge in [0.2, 0.25) is 11.8 Å². The maximum absolute atomic E-state index is 12.6. The van der Waals surface area contributed by atoms with Gasteiger partial charge in [-0.2, -0.15) is 5.26 Å². The van der Waals surface area contributed by atoms with Gasteiger partial charge >= 0.3 is 0 Å². The molecule has 0 bridgehead atoms. The highest BCUT2D eigenvalue weighted by molar-refractivity contribution is 6.22. The molecule has 4 nitrogen and oxygen atoms in total. The molecule has 104 valence electrons. The predicted octanol–water partition coefficient (Wildman–Crippen LogP) is 2.82. The van der Waals surface area contributed by atoms with E-state index in [0.29, 0.717) is 31.4 Å². The second-order valence-electron chi connectivity index (χ2n) is 5.20. The van der Waals surface area contributed by atoms with Crippen molar-refractivity contribution in [1.82, 2.24) is 0 Å². The van der Waals surface area contributed by atoms with E-state index >= 15 is 0 Å². The Hall–Kier alpha value is -2.15. The summed E-state index contributed by atoms with van der Waals surface area (Å²) in [7, 11) is 0. The SMILES string of the molecule is CCC1(CC)CC(=O)N(c2ccc(CC#N)cc2)C1=O. The molecule has 0 unspecified atom stereocenters. The van der Waals surface area contributed by atoms with Crippen molar-refractivity contribution < 1.29 is 9.59 Å². The molecule has 0 aliphatic carbocycles. The van der Waals surface area contributed by atoms with Crippen molar-refractivity contribution in [3.05, 3.63) is 29.8 Å². The zero-order valence-corrected chi connectivity index (χ0v) is 11.8. The van der Waals surface area contributed by atoms with Crippen molar-refractivity contribution in [3.8, 4) is 6.07 Å². The van der Waals surface area contributed by atoms with Gasteiger partial charge in [-0.1, -0.05) is 26.0 Å². The minimum Gasteiger partial charge on any atom is -0.274 e. The van der Waals surface area contributed by atoms with Crippen LogP contribution in [0.3, 0.4) is 0 Å². The minimum atomic E-state index is -0.539. The first-order valence-electron chi connectivity index (χ1n) is 6.91. The molecule has 1 aromatic carbocycles. The number of benzene rings is 1. The topological polar surface area (TPSA) is 61.2 Å². The quantitative estimate of drug-likeness (QED) is 0.790. The summed E-state index contributed by atoms with van der Waals surface area (Å²) < 4.78 is 0. The Bertz CT molecular complexity index is 565. The van der Waals surface area contributed by atoms with Crippen molar-refractivity contribution in [2.75, 3.05) is 4.90 Å².